The Kier molecular flexibility index (Phi) is 5.31. The monoisotopic (exact) mass is 352 g/mol. The van der Waals surface area contributed by atoms with Crippen molar-refractivity contribution in [1.82, 2.24) is 10.6 Å². The van der Waals surface area contributed by atoms with E-state index in [0.29, 0.717) is 16.7 Å². The summed E-state index contributed by atoms with van der Waals surface area (Å²) in [6.45, 7) is -0.0118. The molecule has 134 valence electrons. The molecule has 2 amide bonds. The van der Waals surface area contributed by atoms with E-state index < -0.39 is 11.9 Å². The van der Waals surface area contributed by atoms with Crippen LogP contribution in [0.3, 0.4) is 0 Å². The van der Waals surface area contributed by atoms with Crippen molar-refractivity contribution in [2.45, 2.75) is 24.8 Å². The van der Waals surface area contributed by atoms with Crippen LogP contribution < -0.4 is 10.6 Å². The molecule has 0 aliphatic heterocycles. The molecule has 1 unspecified atom stereocenters. The summed E-state index contributed by atoms with van der Waals surface area (Å²) < 4.78 is 0. The number of aliphatic carboxylic acids is 1. The number of carbonyl (C=O) groups is 3. The largest absolute Gasteiger partial charge is 0.481 e. The first-order chi connectivity index (χ1) is 12.5. The maximum Gasteiger partial charge on any atom is 0.312 e. The van der Waals surface area contributed by atoms with Gasteiger partial charge in [-0.25, -0.2) is 0 Å². The summed E-state index contributed by atoms with van der Waals surface area (Å²) >= 11 is 0. The molecule has 0 aromatic heterocycles. The van der Waals surface area contributed by atoms with E-state index in [4.69, 9.17) is 0 Å². The van der Waals surface area contributed by atoms with Gasteiger partial charge in [0.15, 0.2) is 0 Å². The Labute approximate surface area is 151 Å². The average molecular weight is 352 g/mol. The van der Waals surface area contributed by atoms with Gasteiger partial charge >= 0.3 is 5.97 Å². The molecule has 0 spiro atoms. The molecular weight excluding hydrogens is 332 g/mol. The molecule has 6 heteroatoms. The summed E-state index contributed by atoms with van der Waals surface area (Å²) in [5, 5.41) is 14.9. The highest BCUT2D eigenvalue weighted by Crippen LogP contribution is 2.19. The van der Waals surface area contributed by atoms with E-state index in [1.807, 2.05) is 6.07 Å². The zero-order chi connectivity index (χ0) is 18.5. The third-order valence-corrected chi connectivity index (χ3v) is 4.29. The summed E-state index contributed by atoms with van der Waals surface area (Å²) in [7, 11) is 0. The zero-order valence-corrected chi connectivity index (χ0v) is 14.1. The predicted octanol–water partition coefficient (Wildman–Crippen LogP) is 2.18. The lowest BCUT2D eigenvalue weighted by atomic mass is 9.99. The number of amides is 2. The standard InChI is InChI=1S/C20H20N2O4/c23-18(21-12-17(20(25)26)13-4-2-1-3-5-13)14-6-8-15(9-7-14)19(24)22-16-10-11-16/h1-9,16-17H,10-12H2,(H,21,23)(H,22,24)(H,25,26). The highest BCUT2D eigenvalue weighted by atomic mass is 16.4. The van der Waals surface area contributed by atoms with Crippen molar-refractivity contribution in [3.8, 4) is 0 Å². The molecule has 0 radical (unpaired) electrons. The Morgan fingerprint density at radius 1 is 0.923 bits per heavy atom. The highest BCUT2D eigenvalue weighted by Gasteiger charge is 2.24. The molecule has 1 saturated carbocycles. The number of carbonyl (C=O) groups excluding carboxylic acids is 2. The molecule has 1 atom stereocenters. The van der Waals surface area contributed by atoms with Crippen LogP contribution in [-0.4, -0.2) is 35.5 Å². The molecule has 1 aliphatic carbocycles. The van der Waals surface area contributed by atoms with Crippen molar-refractivity contribution >= 4 is 17.8 Å². The van der Waals surface area contributed by atoms with Crippen LogP contribution in [0.5, 0.6) is 0 Å². The summed E-state index contributed by atoms with van der Waals surface area (Å²) in [5.74, 6) is -2.33. The zero-order valence-electron chi connectivity index (χ0n) is 14.1. The Balaban J connectivity index is 1.60. The van der Waals surface area contributed by atoms with Crippen LogP contribution >= 0.6 is 0 Å². The van der Waals surface area contributed by atoms with Crippen LogP contribution in [0.4, 0.5) is 0 Å². The van der Waals surface area contributed by atoms with Crippen molar-refractivity contribution in [2.75, 3.05) is 6.54 Å². The number of benzene rings is 2. The first kappa shape index (κ1) is 17.7. The normalized spacial score (nSPS) is 14.3. The van der Waals surface area contributed by atoms with Crippen LogP contribution in [0.25, 0.3) is 0 Å². The van der Waals surface area contributed by atoms with Crippen LogP contribution in [0.1, 0.15) is 45.0 Å². The first-order valence-corrected chi connectivity index (χ1v) is 8.51. The van der Waals surface area contributed by atoms with Crippen molar-refractivity contribution in [1.29, 1.82) is 0 Å². The van der Waals surface area contributed by atoms with E-state index in [-0.39, 0.29) is 24.4 Å². The minimum Gasteiger partial charge on any atom is -0.481 e. The fourth-order valence-electron chi connectivity index (χ4n) is 2.60. The van der Waals surface area contributed by atoms with Gasteiger partial charge in [-0.1, -0.05) is 30.3 Å². The van der Waals surface area contributed by atoms with Gasteiger partial charge in [0.05, 0.1) is 5.92 Å². The van der Waals surface area contributed by atoms with E-state index in [9.17, 15) is 19.5 Å². The maximum absolute atomic E-state index is 12.3. The summed E-state index contributed by atoms with van der Waals surface area (Å²) in [5.41, 5.74) is 1.51. The van der Waals surface area contributed by atoms with E-state index in [1.165, 1.54) is 0 Å². The van der Waals surface area contributed by atoms with Gasteiger partial charge in [0.2, 0.25) is 0 Å². The summed E-state index contributed by atoms with van der Waals surface area (Å²) in [6.07, 6.45) is 2.02. The van der Waals surface area contributed by atoms with Crippen molar-refractivity contribution in [2.24, 2.45) is 0 Å². The molecule has 0 heterocycles. The SMILES string of the molecule is O=C(NCC(C(=O)O)c1ccccc1)c1ccc(C(=O)NC2CC2)cc1. The molecule has 26 heavy (non-hydrogen) atoms. The van der Waals surface area contributed by atoms with E-state index in [1.54, 1.807) is 48.5 Å². The Hall–Kier alpha value is -3.15. The van der Waals surface area contributed by atoms with E-state index in [2.05, 4.69) is 10.6 Å². The second-order valence-corrected chi connectivity index (χ2v) is 6.34. The number of nitrogens with one attached hydrogen (secondary N) is 2. The first-order valence-electron chi connectivity index (χ1n) is 8.51. The van der Waals surface area contributed by atoms with Gasteiger partial charge in [-0.3, -0.25) is 14.4 Å². The molecule has 2 aromatic rings. The minimum absolute atomic E-state index is 0.0118. The van der Waals surface area contributed by atoms with E-state index in [0.717, 1.165) is 12.8 Å². The second-order valence-electron chi connectivity index (χ2n) is 6.34. The van der Waals surface area contributed by atoms with Gasteiger partial charge in [-0.05, 0) is 42.7 Å². The molecule has 0 bridgehead atoms. The molecular formula is C20H20N2O4. The number of hydrogen-bond acceptors (Lipinski definition) is 3. The van der Waals surface area contributed by atoms with Crippen molar-refractivity contribution in [3.63, 3.8) is 0 Å². The van der Waals surface area contributed by atoms with Gasteiger partial charge in [-0.2, -0.15) is 0 Å². The molecule has 3 N–H and O–H groups in total. The van der Waals surface area contributed by atoms with Gasteiger partial charge in [0.25, 0.3) is 11.8 Å². The Morgan fingerprint density at radius 2 is 1.50 bits per heavy atom. The lowest BCUT2D eigenvalue weighted by Crippen LogP contribution is -2.31. The third kappa shape index (κ3) is 4.47. The smallest absolute Gasteiger partial charge is 0.312 e. The number of hydrogen-bond donors (Lipinski definition) is 3. The van der Waals surface area contributed by atoms with Gasteiger partial charge in [0, 0.05) is 23.7 Å². The molecule has 1 fully saturated rings. The van der Waals surface area contributed by atoms with Crippen molar-refractivity contribution in [3.05, 3.63) is 71.3 Å². The summed E-state index contributed by atoms with van der Waals surface area (Å²) in [4.78, 5) is 35.7. The van der Waals surface area contributed by atoms with Crippen LogP contribution in [0.2, 0.25) is 0 Å². The Bertz CT molecular complexity index is 798. The topological polar surface area (TPSA) is 95.5 Å². The number of rotatable bonds is 7. The quantitative estimate of drug-likeness (QED) is 0.712. The van der Waals surface area contributed by atoms with E-state index >= 15 is 0 Å². The average Bonchev–Trinajstić information content (AvgIpc) is 3.46. The molecule has 2 aromatic carbocycles. The molecule has 1 aliphatic rings. The van der Waals surface area contributed by atoms with Crippen LogP contribution in [0, 0.1) is 0 Å². The van der Waals surface area contributed by atoms with Gasteiger partial charge in [0.1, 0.15) is 0 Å². The predicted molar refractivity (Wildman–Crippen MR) is 96.1 cm³/mol. The Morgan fingerprint density at radius 3 is 2.04 bits per heavy atom. The van der Waals surface area contributed by atoms with Crippen LogP contribution in [0.15, 0.2) is 54.6 Å². The highest BCUT2D eigenvalue weighted by molar-refractivity contribution is 5.98. The number of carboxylic acid groups (broad SMARTS) is 1. The minimum atomic E-state index is -0.997. The third-order valence-electron chi connectivity index (χ3n) is 4.29. The van der Waals surface area contributed by atoms with Crippen molar-refractivity contribution < 1.29 is 19.5 Å². The fourth-order valence-corrected chi connectivity index (χ4v) is 2.60. The number of carboxylic acids is 1. The van der Waals surface area contributed by atoms with Gasteiger partial charge in [-0.15, -0.1) is 0 Å². The molecule has 0 saturated heterocycles. The lowest BCUT2D eigenvalue weighted by molar-refractivity contribution is -0.138. The molecule has 6 nitrogen and oxygen atoms in total. The molecule has 3 rings (SSSR count). The lowest BCUT2D eigenvalue weighted by Gasteiger charge is -2.14. The summed E-state index contributed by atoms with van der Waals surface area (Å²) in [6, 6.07) is 15.4. The van der Waals surface area contributed by atoms with Gasteiger partial charge < -0.3 is 15.7 Å². The maximum atomic E-state index is 12.3. The van der Waals surface area contributed by atoms with Crippen LogP contribution in [-0.2, 0) is 4.79 Å². The second kappa shape index (κ2) is 7.82. The fraction of sp³-hybridized carbons (Fsp3) is 0.250.